The minimum atomic E-state index is 0.446. The summed E-state index contributed by atoms with van der Waals surface area (Å²) in [5, 5.41) is 2.51. The fourth-order valence-corrected chi connectivity index (χ4v) is 2.10. The van der Waals surface area contributed by atoms with Crippen molar-refractivity contribution in [3.05, 3.63) is 0 Å². The molecule has 0 amide bonds. The third kappa shape index (κ3) is 2.11. The average molecular weight is 169 g/mol. The van der Waals surface area contributed by atoms with Crippen LogP contribution in [0.3, 0.4) is 0 Å². The zero-order valence-electron chi connectivity index (χ0n) is 7.21. The standard InChI is InChI=1S/C9H15NS/c1-7-4-3-5-8(2)9(7)10-6-11/h7-9H,3-5H2,1-2H3. The Labute approximate surface area is 73.9 Å². The Morgan fingerprint density at radius 2 is 1.82 bits per heavy atom. The van der Waals surface area contributed by atoms with Crippen LogP contribution >= 0.6 is 12.2 Å². The van der Waals surface area contributed by atoms with E-state index >= 15 is 0 Å². The average Bonchev–Trinajstić information content (AvgIpc) is 1.97. The van der Waals surface area contributed by atoms with Gasteiger partial charge < -0.3 is 0 Å². The van der Waals surface area contributed by atoms with Crippen LogP contribution in [0.1, 0.15) is 33.1 Å². The number of nitrogens with zero attached hydrogens (tertiary/aromatic N) is 1. The summed E-state index contributed by atoms with van der Waals surface area (Å²) in [7, 11) is 0. The predicted octanol–water partition coefficient (Wildman–Crippen LogP) is 2.91. The molecule has 0 N–H and O–H groups in total. The summed E-state index contributed by atoms with van der Waals surface area (Å²) in [5.74, 6) is 1.41. The first-order valence-electron chi connectivity index (χ1n) is 4.32. The summed E-state index contributed by atoms with van der Waals surface area (Å²) >= 11 is 4.62. The van der Waals surface area contributed by atoms with Crippen LogP contribution in [-0.4, -0.2) is 11.2 Å². The zero-order chi connectivity index (χ0) is 8.27. The summed E-state index contributed by atoms with van der Waals surface area (Å²) in [6.45, 7) is 4.52. The molecule has 2 atom stereocenters. The van der Waals surface area contributed by atoms with Gasteiger partial charge in [-0.1, -0.05) is 20.3 Å². The van der Waals surface area contributed by atoms with E-state index in [-0.39, 0.29) is 0 Å². The van der Waals surface area contributed by atoms with Gasteiger partial charge in [-0.15, -0.1) is 0 Å². The third-order valence-electron chi connectivity index (χ3n) is 2.69. The van der Waals surface area contributed by atoms with Crippen LogP contribution in [0.25, 0.3) is 0 Å². The Bertz CT molecular complexity index is 162. The number of hydrogen-bond acceptors (Lipinski definition) is 2. The second-order valence-electron chi connectivity index (χ2n) is 3.60. The molecule has 0 saturated heterocycles. The van der Waals surface area contributed by atoms with Crippen molar-refractivity contribution < 1.29 is 0 Å². The molecule has 0 aromatic heterocycles. The van der Waals surface area contributed by atoms with Crippen molar-refractivity contribution in [3.8, 4) is 0 Å². The molecule has 1 fully saturated rings. The molecule has 1 aliphatic carbocycles. The Morgan fingerprint density at radius 1 is 1.27 bits per heavy atom. The van der Waals surface area contributed by atoms with E-state index in [9.17, 15) is 0 Å². The number of thiocarbonyl (C=S) groups is 1. The second-order valence-corrected chi connectivity index (χ2v) is 3.78. The minimum absolute atomic E-state index is 0.446. The van der Waals surface area contributed by atoms with Gasteiger partial charge in [-0.05, 0) is 36.9 Å². The fraction of sp³-hybridized carbons (Fsp3) is 0.889. The van der Waals surface area contributed by atoms with E-state index in [1.807, 2.05) is 0 Å². The van der Waals surface area contributed by atoms with Crippen molar-refractivity contribution in [1.29, 1.82) is 0 Å². The van der Waals surface area contributed by atoms with Gasteiger partial charge in [0.2, 0.25) is 0 Å². The first-order chi connectivity index (χ1) is 5.25. The summed E-state index contributed by atoms with van der Waals surface area (Å²) in [4.78, 5) is 4.21. The van der Waals surface area contributed by atoms with Gasteiger partial charge in [-0.2, -0.15) is 0 Å². The van der Waals surface area contributed by atoms with Crippen molar-refractivity contribution in [3.63, 3.8) is 0 Å². The van der Waals surface area contributed by atoms with E-state index in [1.54, 1.807) is 0 Å². The van der Waals surface area contributed by atoms with Gasteiger partial charge in [-0.3, -0.25) is 0 Å². The maximum atomic E-state index is 4.62. The highest BCUT2D eigenvalue weighted by atomic mass is 32.1. The quantitative estimate of drug-likeness (QED) is 0.434. The van der Waals surface area contributed by atoms with E-state index in [0.717, 1.165) is 0 Å². The van der Waals surface area contributed by atoms with Gasteiger partial charge in [0.15, 0.2) is 0 Å². The highest BCUT2D eigenvalue weighted by Crippen LogP contribution is 2.30. The normalized spacial score (nSPS) is 37.8. The molecule has 1 rings (SSSR count). The van der Waals surface area contributed by atoms with Gasteiger partial charge >= 0.3 is 0 Å². The first-order valence-corrected chi connectivity index (χ1v) is 4.73. The molecular weight excluding hydrogens is 154 g/mol. The largest absolute Gasteiger partial charge is 0.229 e. The Kier molecular flexibility index (Phi) is 3.22. The second kappa shape index (κ2) is 3.99. The lowest BCUT2D eigenvalue weighted by atomic mass is 9.79. The van der Waals surface area contributed by atoms with Crippen LogP contribution in [0.2, 0.25) is 0 Å². The summed E-state index contributed by atoms with van der Waals surface area (Å²) in [5.41, 5.74) is 0. The molecule has 1 aliphatic rings. The van der Waals surface area contributed by atoms with E-state index < -0.39 is 0 Å². The number of isothiocyanates is 1. The van der Waals surface area contributed by atoms with Gasteiger partial charge in [0.05, 0.1) is 11.2 Å². The predicted molar refractivity (Wildman–Crippen MR) is 51.0 cm³/mol. The van der Waals surface area contributed by atoms with Gasteiger partial charge in [0, 0.05) is 0 Å². The molecule has 0 heterocycles. The smallest absolute Gasteiger partial charge is 0.0653 e. The molecule has 1 saturated carbocycles. The molecule has 2 heteroatoms. The number of rotatable bonds is 1. The van der Waals surface area contributed by atoms with Gasteiger partial charge in [-0.25, -0.2) is 4.99 Å². The maximum absolute atomic E-state index is 4.62. The lowest BCUT2D eigenvalue weighted by Gasteiger charge is -2.30. The highest BCUT2D eigenvalue weighted by molar-refractivity contribution is 7.78. The number of aliphatic imine (C=N–C) groups is 1. The summed E-state index contributed by atoms with van der Waals surface area (Å²) < 4.78 is 0. The van der Waals surface area contributed by atoms with Crippen LogP contribution in [0.4, 0.5) is 0 Å². The van der Waals surface area contributed by atoms with Crippen molar-refractivity contribution in [2.45, 2.75) is 39.2 Å². The SMILES string of the molecule is CC1CCCC(C)C1N=C=S. The molecule has 1 nitrogen and oxygen atoms in total. The summed E-state index contributed by atoms with van der Waals surface area (Å²) in [6, 6.07) is 0.446. The topological polar surface area (TPSA) is 12.4 Å². The molecule has 2 unspecified atom stereocenters. The maximum Gasteiger partial charge on any atom is 0.0653 e. The lowest BCUT2D eigenvalue weighted by Crippen LogP contribution is -2.28. The van der Waals surface area contributed by atoms with Gasteiger partial charge in [0.1, 0.15) is 0 Å². The lowest BCUT2D eigenvalue weighted by molar-refractivity contribution is 0.254. The van der Waals surface area contributed by atoms with Crippen molar-refractivity contribution in [1.82, 2.24) is 0 Å². The zero-order valence-corrected chi connectivity index (χ0v) is 8.03. The van der Waals surface area contributed by atoms with Crippen molar-refractivity contribution >= 4 is 17.4 Å². The van der Waals surface area contributed by atoms with E-state index in [4.69, 9.17) is 0 Å². The van der Waals surface area contributed by atoms with Crippen LogP contribution < -0.4 is 0 Å². The Hall–Kier alpha value is -0.200. The van der Waals surface area contributed by atoms with E-state index in [1.165, 1.54) is 19.3 Å². The van der Waals surface area contributed by atoms with Crippen LogP contribution in [0, 0.1) is 11.8 Å². The van der Waals surface area contributed by atoms with Crippen molar-refractivity contribution in [2.24, 2.45) is 16.8 Å². The molecule has 0 aliphatic heterocycles. The molecule has 62 valence electrons. The summed E-state index contributed by atoms with van der Waals surface area (Å²) in [6.07, 6.45) is 3.96. The monoisotopic (exact) mass is 169 g/mol. The number of hydrogen-bond donors (Lipinski definition) is 0. The highest BCUT2D eigenvalue weighted by Gasteiger charge is 2.26. The van der Waals surface area contributed by atoms with Crippen molar-refractivity contribution in [2.75, 3.05) is 0 Å². The van der Waals surface area contributed by atoms with E-state index in [0.29, 0.717) is 17.9 Å². The molecule has 0 radical (unpaired) electrons. The third-order valence-corrected chi connectivity index (χ3v) is 2.79. The molecule has 0 bridgehead atoms. The van der Waals surface area contributed by atoms with Gasteiger partial charge in [0.25, 0.3) is 0 Å². The molecule has 0 spiro atoms. The van der Waals surface area contributed by atoms with Crippen LogP contribution in [0.15, 0.2) is 4.99 Å². The Balaban J connectivity index is 2.62. The fourth-order valence-electron chi connectivity index (χ4n) is 1.98. The molecule has 0 aromatic carbocycles. The van der Waals surface area contributed by atoms with Crippen LogP contribution in [0.5, 0.6) is 0 Å². The van der Waals surface area contributed by atoms with E-state index in [2.05, 4.69) is 36.2 Å². The van der Waals surface area contributed by atoms with Crippen LogP contribution in [-0.2, 0) is 0 Å². The minimum Gasteiger partial charge on any atom is -0.229 e. The first kappa shape index (κ1) is 8.89. The molecule has 11 heavy (non-hydrogen) atoms. The molecular formula is C9H15NS. The Morgan fingerprint density at radius 3 is 2.27 bits per heavy atom. The molecule has 0 aromatic rings.